The summed E-state index contributed by atoms with van der Waals surface area (Å²) in [5.74, 6) is -1.30. The summed E-state index contributed by atoms with van der Waals surface area (Å²) in [6.07, 6.45) is 2.45. The normalized spacial score (nSPS) is 18.7. The Morgan fingerprint density at radius 3 is 2.32 bits per heavy atom. The van der Waals surface area contributed by atoms with E-state index in [2.05, 4.69) is 10.8 Å². The number of halogens is 1. The summed E-state index contributed by atoms with van der Waals surface area (Å²) >= 11 is 0. The molecule has 2 aliphatic heterocycles. The molecule has 2 aliphatic rings. The summed E-state index contributed by atoms with van der Waals surface area (Å²) in [5.41, 5.74) is 4.38. The highest BCUT2D eigenvalue weighted by Gasteiger charge is 2.36. The molecule has 260 valence electrons. The Morgan fingerprint density at radius 2 is 1.64 bits per heavy atom. The van der Waals surface area contributed by atoms with E-state index in [1.54, 1.807) is 0 Å². The topological polar surface area (TPSA) is 121 Å². The first kappa shape index (κ1) is 38.1. The van der Waals surface area contributed by atoms with E-state index in [0.29, 0.717) is 77.5 Å². The van der Waals surface area contributed by atoms with Crippen LogP contribution < -0.4 is 15.5 Å². The number of fused-ring (bicyclic) bond motifs is 11. The van der Waals surface area contributed by atoms with Gasteiger partial charge in [-0.15, -0.1) is 0 Å². The number of benzene rings is 2. The number of alkyl halides is 1. The first-order valence-electron chi connectivity index (χ1n) is 16.7. The minimum Gasteiger partial charge on any atom is -0.494 e. The summed E-state index contributed by atoms with van der Waals surface area (Å²) in [6.45, 7) is 5.94. The number of hydrogen-bond donors (Lipinski definition) is 2. The number of amides is 2. The van der Waals surface area contributed by atoms with Gasteiger partial charge in [0.1, 0.15) is 12.4 Å². The van der Waals surface area contributed by atoms with E-state index in [9.17, 15) is 18.8 Å². The van der Waals surface area contributed by atoms with Gasteiger partial charge in [0.25, 0.3) is 0 Å². The Labute approximate surface area is 278 Å². The lowest BCUT2D eigenvalue weighted by molar-refractivity contribution is -0.145. The zero-order valence-corrected chi connectivity index (χ0v) is 27.8. The van der Waals surface area contributed by atoms with E-state index in [1.807, 2.05) is 68.4 Å². The minimum absolute atomic E-state index is 0.0630. The number of ether oxygens (including phenoxy) is 4. The summed E-state index contributed by atoms with van der Waals surface area (Å²) in [5, 5.41) is 3.03. The first-order valence-corrected chi connectivity index (χ1v) is 16.7. The maximum Gasteiger partial charge on any atom is 0.247 e. The molecule has 47 heavy (non-hydrogen) atoms. The van der Waals surface area contributed by atoms with Crippen LogP contribution in [0.15, 0.2) is 54.6 Å². The lowest BCUT2D eigenvalue weighted by Gasteiger charge is -2.29. The molecule has 2 aromatic carbocycles. The number of nitrogens with one attached hydrogen (secondary N) is 2. The van der Waals surface area contributed by atoms with Gasteiger partial charge in [0, 0.05) is 18.9 Å². The maximum atomic E-state index is 14.0. The van der Waals surface area contributed by atoms with Crippen LogP contribution in [0.4, 0.5) is 4.39 Å². The smallest absolute Gasteiger partial charge is 0.247 e. The van der Waals surface area contributed by atoms with Gasteiger partial charge < -0.3 is 24.3 Å². The molecule has 0 spiro atoms. The van der Waals surface area contributed by atoms with Gasteiger partial charge in [-0.3, -0.25) is 19.2 Å². The highest BCUT2D eigenvalue weighted by molar-refractivity contribution is 5.92. The van der Waals surface area contributed by atoms with Crippen molar-refractivity contribution in [2.24, 2.45) is 17.8 Å². The number of carbonyl (C=O) groups is 3. The van der Waals surface area contributed by atoms with Crippen LogP contribution in [0, 0.1) is 17.8 Å². The molecule has 0 saturated heterocycles. The number of rotatable bonds is 19. The number of Topliss-reactive ketones (excluding diaryl/α,β-unsaturated/α-hetero) is 1. The van der Waals surface area contributed by atoms with Crippen molar-refractivity contribution < 1.29 is 42.6 Å². The maximum absolute atomic E-state index is 14.0. The SMILES string of the molecule is CC(C)C[C@H]1C(=O)N[C@H](C(=O)CCCOCCOCCOCCF)Cc2ccc(cc2)OCCC[C@@H]1C(=O)NOCc1ccccc1. The third-order valence-electron chi connectivity index (χ3n) is 7.81. The van der Waals surface area contributed by atoms with E-state index in [-0.39, 0.29) is 43.2 Å². The van der Waals surface area contributed by atoms with Crippen molar-refractivity contribution >= 4 is 17.6 Å². The predicted octanol–water partition coefficient (Wildman–Crippen LogP) is 4.78. The monoisotopic (exact) mass is 658 g/mol. The Hall–Kier alpha value is -3.38. The van der Waals surface area contributed by atoms with Gasteiger partial charge in [-0.05, 0) is 61.3 Å². The molecule has 2 bridgehead atoms. The molecule has 2 heterocycles. The average Bonchev–Trinajstić information content (AvgIpc) is 3.06. The van der Waals surface area contributed by atoms with Gasteiger partial charge in [0.2, 0.25) is 11.8 Å². The molecule has 10 nitrogen and oxygen atoms in total. The average molecular weight is 659 g/mol. The van der Waals surface area contributed by atoms with Gasteiger partial charge in [0.05, 0.1) is 58.2 Å². The summed E-state index contributed by atoms with van der Waals surface area (Å²) in [6, 6.07) is 16.3. The van der Waals surface area contributed by atoms with Crippen LogP contribution in [-0.4, -0.2) is 76.6 Å². The van der Waals surface area contributed by atoms with Crippen molar-refractivity contribution in [1.29, 1.82) is 0 Å². The van der Waals surface area contributed by atoms with Crippen molar-refractivity contribution in [3.8, 4) is 5.75 Å². The molecular formula is C36H51FN2O8. The van der Waals surface area contributed by atoms with Gasteiger partial charge in [0.15, 0.2) is 5.78 Å². The Kier molecular flexibility index (Phi) is 18.0. The summed E-state index contributed by atoms with van der Waals surface area (Å²) in [4.78, 5) is 46.6. The fourth-order valence-corrected chi connectivity index (χ4v) is 5.41. The minimum atomic E-state index is -0.766. The van der Waals surface area contributed by atoms with Crippen LogP contribution in [-0.2, 0) is 46.5 Å². The molecule has 2 N–H and O–H groups in total. The van der Waals surface area contributed by atoms with E-state index in [0.717, 1.165) is 11.1 Å². The Bertz CT molecular complexity index is 1180. The lowest BCUT2D eigenvalue weighted by atomic mass is 9.81. The van der Waals surface area contributed by atoms with Crippen LogP contribution in [0.1, 0.15) is 57.1 Å². The van der Waals surface area contributed by atoms with Crippen molar-refractivity contribution in [2.45, 2.75) is 65.0 Å². The number of hydroxylamine groups is 1. The highest BCUT2D eigenvalue weighted by atomic mass is 19.1. The number of hydrogen-bond acceptors (Lipinski definition) is 8. The quantitative estimate of drug-likeness (QED) is 0.164. The van der Waals surface area contributed by atoms with Gasteiger partial charge >= 0.3 is 0 Å². The fraction of sp³-hybridized carbons (Fsp3) is 0.583. The Morgan fingerprint density at radius 1 is 0.957 bits per heavy atom. The molecule has 0 aromatic heterocycles. The van der Waals surface area contributed by atoms with E-state index in [1.165, 1.54) is 0 Å². The third-order valence-corrected chi connectivity index (χ3v) is 7.81. The zero-order chi connectivity index (χ0) is 33.7. The van der Waals surface area contributed by atoms with Crippen molar-refractivity contribution in [3.63, 3.8) is 0 Å². The first-order chi connectivity index (χ1) is 22.9. The molecule has 3 atom stereocenters. The molecule has 2 amide bonds. The molecule has 2 aromatic rings. The summed E-state index contributed by atoms with van der Waals surface area (Å²) < 4.78 is 34.0. The van der Waals surface area contributed by atoms with Crippen molar-refractivity contribution in [1.82, 2.24) is 10.8 Å². The molecule has 11 heteroatoms. The third kappa shape index (κ3) is 14.9. The largest absolute Gasteiger partial charge is 0.494 e. The molecule has 4 rings (SSSR count). The van der Waals surface area contributed by atoms with E-state index < -0.39 is 24.6 Å². The van der Waals surface area contributed by atoms with E-state index >= 15 is 0 Å². The van der Waals surface area contributed by atoms with Crippen LogP contribution in [0.3, 0.4) is 0 Å². The lowest BCUT2D eigenvalue weighted by Crippen LogP contribution is -2.49. The van der Waals surface area contributed by atoms with Crippen LogP contribution in [0.2, 0.25) is 0 Å². The Balaban J connectivity index is 1.64. The second kappa shape index (κ2) is 22.2. The van der Waals surface area contributed by atoms with Crippen LogP contribution in [0.5, 0.6) is 5.75 Å². The number of carbonyl (C=O) groups excluding carboxylic acids is 3. The van der Waals surface area contributed by atoms with Gasteiger partial charge in [-0.1, -0.05) is 56.3 Å². The van der Waals surface area contributed by atoms with Crippen molar-refractivity contribution in [2.75, 3.05) is 52.9 Å². The molecule has 0 radical (unpaired) electrons. The van der Waals surface area contributed by atoms with Crippen molar-refractivity contribution in [3.05, 3.63) is 65.7 Å². The fourth-order valence-electron chi connectivity index (χ4n) is 5.41. The molecule has 0 aliphatic carbocycles. The molecule has 0 saturated carbocycles. The molecule has 0 fully saturated rings. The molecule has 0 unspecified atom stereocenters. The van der Waals surface area contributed by atoms with Crippen LogP contribution >= 0.6 is 0 Å². The number of ketones is 1. The standard InChI is InChI=1S/C36H51FN2O8/c1-27(2)24-32-31(36(42)39-47-26-29-8-4-3-5-9-29)10-6-18-46-30-14-12-28(13-15-30)25-33(38-35(32)41)34(40)11-7-17-43-20-22-45-23-21-44-19-16-37/h3-5,8-9,12-15,27,31-33H,6-7,10-11,16-26H2,1-2H3,(H,38,41)(H,39,42)/t31-,32+,33-/m0/s1. The van der Waals surface area contributed by atoms with Crippen LogP contribution in [0.25, 0.3) is 0 Å². The summed E-state index contributed by atoms with van der Waals surface area (Å²) in [7, 11) is 0. The van der Waals surface area contributed by atoms with Gasteiger partial charge in [-0.25, -0.2) is 9.87 Å². The molecular weight excluding hydrogens is 607 g/mol. The van der Waals surface area contributed by atoms with E-state index in [4.69, 9.17) is 23.8 Å². The second-order valence-corrected chi connectivity index (χ2v) is 12.1. The highest BCUT2D eigenvalue weighted by Crippen LogP contribution is 2.27. The van der Waals surface area contributed by atoms with Gasteiger partial charge in [-0.2, -0.15) is 0 Å². The predicted molar refractivity (Wildman–Crippen MR) is 175 cm³/mol. The second-order valence-electron chi connectivity index (χ2n) is 12.1. The zero-order valence-electron chi connectivity index (χ0n) is 27.8.